The Morgan fingerprint density at radius 3 is 2.16 bits per heavy atom. The predicted molar refractivity (Wildman–Crippen MR) is 114 cm³/mol. The van der Waals surface area contributed by atoms with Crippen molar-refractivity contribution in [1.82, 2.24) is 14.6 Å². The first kappa shape index (κ1) is 19.7. The highest BCUT2D eigenvalue weighted by Crippen LogP contribution is 2.36. The fourth-order valence-electron chi connectivity index (χ4n) is 3.64. The van der Waals surface area contributed by atoms with Crippen LogP contribution in [-0.4, -0.2) is 20.4 Å². The van der Waals surface area contributed by atoms with Gasteiger partial charge in [0.2, 0.25) is 11.7 Å². The van der Waals surface area contributed by atoms with E-state index in [2.05, 4.69) is 10.1 Å². The van der Waals surface area contributed by atoms with Gasteiger partial charge < -0.3 is 0 Å². The molecule has 3 heterocycles. The van der Waals surface area contributed by atoms with Crippen LogP contribution in [0.25, 0.3) is 27.9 Å². The van der Waals surface area contributed by atoms with Gasteiger partial charge in [0, 0.05) is 29.0 Å². The zero-order valence-corrected chi connectivity index (χ0v) is 16.5. The summed E-state index contributed by atoms with van der Waals surface area (Å²) in [6, 6.07) is 19.0. The molecule has 7 heteroatoms. The van der Waals surface area contributed by atoms with E-state index in [4.69, 9.17) is 0 Å². The first-order valence-electron chi connectivity index (χ1n) is 9.71. The molecule has 156 valence electrons. The second kappa shape index (κ2) is 7.77. The first-order chi connectivity index (χ1) is 15.5. The summed E-state index contributed by atoms with van der Waals surface area (Å²) < 4.78 is 42.2. The molecule has 32 heavy (non-hydrogen) atoms. The maximum absolute atomic E-state index is 13.9. The van der Waals surface area contributed by atoms with E-state index in [1.165, 1.54) is 53.2 Å². The van der Waals surface area contributed by atoms with E-state index >= 15 is 0 Å². The standard InChI is InChI=1S/C25H14F3N3O/c26-18-8-4-15(5-9-18)24-23(17-12-13-29-22(28)14-17)20-2-1-3-21(31(20)30-24)25(32)16-6-10-19(27)11-7-16/h1-14H. The van der Waals surface area contributed by atoms with E-state index in [9.17, 15) is 18.0 Å². The van der Waals surface area contributed by atoms with Crippen molar-refractivity contribution in [2.75, 3.05) is 0 Å². The molecule has 0 bridgehead atoms. The van der Waals surface area contributed by atoms with Crippen LogP contribution in [0.1, 0.15) is 16.1 Å². The zero-order valence-electron chi connectivity index (χ0n) is 16.5. The molecule has 0 spiro atoms. The molecule has 2 aromatic carbocycles. The maximum atomic E-state index is 13.9. The average Bonchev–Trinajstić information content (AvgIpc) is 3.19. The molecule has 0 radical (unpaired) electrons. The summed E-state index contributed by atoms with van der Waals surface area (Å²) in [6.07, 6.45) is 1.34. The fraction of sp³-hybridized carbons (Fsp3) is 0. The van der Waals surface area contributed by atoms with Gasteiger partial charge in [-0.05, 0) is 72.3 Å². The largest absolute Gasteiger partial charge is 0.287 e. The molecule has 0 fully saturated rings. The monoisotopic (exact) mass is 429 g/mol. The number of carbonyl (C=O) groups excluding carboxylic acids is 1. The number of carbonyl (C=O) groups is 1. The highest BCUT2D eigenvalue weighted by molar-refractivity contribution is 6.08. The number of pyridine rings is 2. The highest BCUT2D eigenvalue weighted by atomic mass is 19.1. The second-order valence-corrected chi connectivity index (χ2v) is 7.14. The second-order valence-electron chi connectivity index (χ2n) is 7.14. The van der Waals surface area contributed by atoms with Gasteiger partial charge in [-0.3, -0.25) is 4.79 Å². The Hall–Kier alpha value is -4.26. The summed E-state index contributed by atoms with van der Waals surface area (Å²) in [7, 11) is 0. The van der Waals surface area contributed by atoms with Crippen molar-refractivity contribution in [2.45, 2.75) is 0 Å². The Bertz CT molecular complexity index is 1460. The lowest BCUT2D eigenvalue weighted by Gasteiger charge is -2.06. The number of aromatic nitrogens is 3. The van der Waals surface area contributed by atoms with Gasteiger partial charge in [0.05, 0.1) is 5.52 Å². The summed E-state index contributed by atoms with van der Waals surface area (Å²) in [5.74, 6) is -1.86. The Kier molecular flexibility index (Phi) is 4.78. The molecular weight excluding hydrogens is 415 g/mol. The summed E-state index contributed by atoms with van der Waals surface area (Å²) in [5.41, 5.74) is 3.25. The van der Waals surface area contributed by atoms with Crippen molar-refractivity contribution >= 4 is 11.3 Å². The number of rotatable bonds is 4. The zero-order chi connectivity index (χ0) is 22.2. The number of ketones is 1. The van der Waals surface area contributed by atoms with Crippen LogP contribution in [0.3, 0.4) is 0 Å². The van der Waals surface area contributed by atoms with E-state index < -0.39 is 17.6 Å². The molecular formula is C25H14F3N3O. The Morgan fingerprint density at radius 2 is 1.47 bits per heavy atom. The van der Waals surface area contributed by atoms with Gasteiger partial charge in [0.15, 0.2) is 0 Å². The Morgan fingerprint density at radius 1 is 0.781 bits per heavy atom. The Balaban J connectivity index is 1.78. The normalized spacial score (nSPS) is 11.1. The summed E-state index contributed by atoms with van der Waals surface area (Å²) in [4.78, 5) is 16.8. The number of hydrogen-bond donors (Lipinski definition) is 0. The molecule has 3 aromatic heterocycles. The predicted octanol–water partition coefficient (Wildman–Crippen LogP) is 5.71. The minimum Gasteiger partial charge on any atom is -0.287 e. The van der Waals surface area contributed by atoms with Gasteiger partial charge in [0.25, 0.3) is 0 Å². The highest BCUT2D eigenvalue weighted by Gasteiger charge is 2.21. The van der Waals surface area contributed by atoms with Crippen LogP contribution in [-0.2, 0) is 0 Å². The molecule has 4 nitrogen and oxygen atoms in total. The smallest absolute Gasteiger partial charge is 0.213 e. The third-order valence-corrected chi connectivity index (χ3v) is 5.13. The molecule has 5 aromatic rings. The van der Waals surface area contributed by atoms with Crippen molar-refractivity contribution in [3.8, 4) is 22.4 Å². The number of hydrogen-bond acceptors (Lipinski definition) is 3. The number of nitrogens with zero attached hydrogens (tertiary/aromatic N) is 3. The molecule has 0 unspecified atom stereocenters. The first-order valence-corrected chi connectivity index (χ1v) is 9.71. The van der Waals surface area contributed by atoms with Crippen LogP contribution in [0.15, 0.2) is 85.1 Å². The molecule has 5 rings (SSSR count). The van der Waals surface area contributed by atoms with E-state index in [0.717, 1.165) is 0 Å². The van der Waals surface area contributed by atoms with Crippen LogP contribution in [0.2, 0.25) is 0 Å². The third kappa shape index (κ3) is 3.43. The van der Waals surface area contributed by atoms with Gasteiger partial charge in [-0.15, -0.1) is 0 Å². The van der Waals surface area contributed by atoms with Crippen molar-refractivity contribution in [3.63, 3.8) is 0 Å². The van der Waals surface area contributed by atoms with Gasteiger partial charge >= 0.3 is 0 Å². The van der Waals surface area contributed by atoms with Crippen molar-refractivity contribution < 1.29 is 18.0 Å². The van der Waals surface area contributed by atoms with Crippen molar-refractivity contribution in [2.24, 2.45) is 0 Å². The topological polar surface area (TPSA) is 47.3 Å². The number of benzene rings is 2. The molecule has 0 saturated carbocycles. The molecule has 0 aliphatic rings. The van der Waals surface area contributed by atoms with E-state index in [-0.39, 0.29) is 11.5 Å². The lowest BCUT2D eigenvalue weighted by Crippen LogP contribution is -2.08. The third-order valence-electron chi connectivity index (χ3n) is 5.13. The Labute approximate surface area is 180 Å². The maximum Gasteiger partial charge on any atom is 0.213 e. The van der Waals surface area contributed by atoms with Crippen LogP contribution in [0.4, 0.5) is 13.2 Å². The van der Waals surface area contributed by atoms with Crippen LogP contribution >= 0.6 is 0 Å². The molecule has 0 aliphatic carbocycles. The minimum atomic E-state index is -0.662. The summed E-state index contributed by atoms with van der Waals surface area (Å²) >= 11 is 0. The fourth-order valence-corrected chi connectivity index (χ4v) is 3.64. The molecule has 0 N–H and O–H groups in total. The minimum absolute atomic E-state index is 0.248. The van der Waals surface area contributed by atoms with Crippen LogP contribution in [0, 0.1) is 17.6 Å². The van der Waals surface area contributed by atoms with Crippen molar-refractivity contribution in [3.05, 3.63) is 114 Å². The molecule has 0 atom stereocenters. The van der Waals surface area contributed by atoms with Crippen molar-refractivity contribution in [1.29, 1.82) is 0 Å². The quantitative estimate of drug-likeness (QED) is 0.272. The number of halogens is 3. The average molecular weight is 429 g/mol. The van der Waals surface area contributed by atoms with Gasteiger partial charge in [-0.1, -0.05) is 6.07 Å². The summed E-state index contributed by atoms with van der Waals surface area (Å²) in [5, 5.41) is 4.64. The lowest BCUT2D eigenvalue weighted by molar-refractivity contribution is 0.103. The van der Waals surface area contributed by atoms with E-state index in [0.29, 0.717) is 33.5 Å². The van der Waals surface area contributed by atoms with Gasteiger partial charge in [-0.2, -0.15) is 9.49 Å². The molecule has 0 amide bonds. The van der Waals surface area contributed by atoms with E-state index in [1.807, 2.05) is 0 Å². The van der Waals surface area contributed by atoms with E-state index in [1.54, 1.807) is 36.4 Å². The SMILES string of the molecule is O=C(c1ccc(F)cc1)c1cccc2c(-c3ccnc(F)c3)c(-c3ccc(F)cc3)nn12. The van der Waals surface area contributed by atoms with Crippen LogP contribution < -0.4 is 0 Å². The van der Waals surface area contributed by atoms with Gasteiger partial charge in [0.1, 0.15) is 23.0 Å². The van der Waals surface area contributed by atoms with Crippen LogP contribution in [0.5, 0.6) is 0 Å². The summed E-state index contributed by atoms with van der Waals surface area (Å²) in [6.45, 7) is 0. The molecule has 0 saturated heterocycles. The number of fused-ring (bicyclic) bond motifs is 1. The molecule has 0 aliphatic heterocycles. The lowest BCUT2D eigenvalue weighted by atomic mass is 10.0. The van der Waals surface area contributed by atoms with Gasteiger partial charge in [-0.25, -0.2) is 18.3 Å².